The molecule has 0 atom stereocenters. The lowest BCUT2D eigenvalue weighted by molar-refractivity contribution is 0.622. The molecule has 0 unspecified atom stereocenters. The molecule has 0 fully saturated rings. The Morgan fingerprint density at radius 2 is 2.44 bits per heavy atom. The zero-order valence-electron chi connectivity index (χ0n) is 4.57. The summed E-state index contributed by atoms with van der Waals surface area (Å²) < 4.78 is 12.4. The van der Waals surface area contributed by atoms with Crippen molar-refractivity contribution in [3.8, 4) is 0 Å². The molecule has 0 spiro atoms. The number of hydrogen-bond donors (Lipinski definition) is 0. The van der Waals surface area contributed by atoms with Crippen LogP contribution in [-0.4, -0.2) is 0 Å². The lowest BCUT2D eigenvalue weighted by Crippen LogP contribution is -1.80. The van der Waals surface area contributed by atoms with Crippen LogP contribution in [0.15, 0.2) is 18.2 Å². The minimum absolute atomic E-state index is 0.340. The zero-order chi connectivity index (χ0) is 6.69. The van der Waals surface area contributed by atoms with E-state index in [9.17, 15) is 4.39 Å². The summed E-state index contributed by atoms with van der Waals surface area (Å²) in [5, 5.41) is 0. The molecule has 1 aromatic carbocycles. The lowest BCUT2D eigenvalue weighted by Gasteiger charge is -1.92. The summed E-state index contributed by atoms with van der Waals surface area (Å²) in [6.07, 6.45) is 0. The second kappa shape index (κ2) is 2.83. The van der Waals surface area contributed by atoms with Crippen molar-refractivity contribution in [2.75, 3.05) is 0 Å². The molecule has 0 saturated heterocycles. The highest BCUT2D eigenvalue weighted by Gasteiger charge is 1.96. The van der Waals surface area contributed by atoms with E-state index in [0.717, 1.165) is 0 Å². The van der Waals surface area contributed by atoms with E-state index in [0.29, 0.717) is 5.56 Å². The molecule has 0 aliphatic carbocycles. The molecule has 0 N–H and O–H groups in total. The zero-order valence-corrected chi connectivity index (χ0v) is 5.32. The highest BCUT2D eigenvalue weighted by Crippen LogP contribution is 2.09. The van der Waals surface area contributed by atoms with Gasteiger partial charge < -0.3 is 0 Å². The minimum Gasteiger partial charge on any atom is -0.207 e. The number of benzene rings is 1. The Morgan fingerprint density at radius 3 is 2.89 bits per heavy atom. The maximum atomic E-state index is 12.4. The van der Waals surface area contributed by atoms with Gasteiger partial charge in [-0.25, -0.2) is 4.39 Å². The van der Waals surface area contributed by atoms with Crippen LogP contribution >= 0.6 is 11.6 Å². The third-order valence-corrected chi connectivity index (χ3v) is 1.20. The summed E-state index contributed by atoms with van der Waals surface area (Å²) in [6.45, 7) is 0. The van der Waals surface area contributed by atoms with Gasteiger partial charge in [-0.3, -0.25) is 0 Å². The normalized spacial score (nSPS) is 9.56. The first-order valence-corrected chi connectivity index (χ1v) is 2.87. The molecule has 46 valence electrons. The van der Waals surface area contributed by atoms with Crippen molar-refractivity contribution in [1.82, 2.24) is 0 Å². The number of halogens is 2. The number of rotatable bonds is 1. The molecular formula is C7H4ClF. The Balaban J connectivity index is 3.01. The second-order valence-electron chi connectivity index (χ2n) is 1.56. The number of hydrogen-bond acceptors (Lipinski definition) is 0. The van der Waals surface area contributed by atoms with Crippen LogP contribution in [0.1, 0.15) is 5.56 Å². The molecule has 9 heavy (non-hydrogen) atoms. The highest BCUT2D eigenvalue weighted by atomic mass is 35.5. The largest absolute Gasteiger partial charge is 0.207 e. The summed E-state index contributed by atoms with van der Waals surface area (Å²) >= 11 is 5.25. The molecule has 0 saturated carbocycles. The Bertz CT molecular complexity index is 198. The van der Waals surface area contributed by atoms with E-state index in [1.165, 1.54) is 11.9 Å². The van der Waals surface area contributed by atoms with Crippen molar-refractivity contribution in [3.05, 3.63) is 41.5 Å². The maximum Gasteiger partial charge on any atom is 0.128 e. The van der Waals surface area contributed by atoms with E-state index in [1.807, 2.05) is 0 Å². The van der Waals surface area contributed by atoms with Gasteiger partial charge in [0.05, 0.1) is 5.88 Å². The smallest absolute Gasteiger partial charge is 0.128 e. The van der Waals surface area contributed by atoms with Gasteiger partial charge in [0, 0.05) is 5.56 Å². The van der Waals surface area contributed by atoms with Gasteiger partial charge in [0.25, 0.3) is 0 Å². The van der Waals surface area contributed by atoms with Gasteiger partial charge in [-0.15, -0.1) is 11.6 Å². The second-order valence-corrected chi connectivity index (χ2v) is 1.77. The average Bonchev–Trinajstić information content (AvgIpc) is 1.89. The van der Waals surface area contributed by atoms with Crippen LogP contribution in [0.5, 0.6) is 0 Å². The van der Waals surface area contributed by atoms with E-state index < -0.39 is 0 Å². The van der Waals surface area contributed by atoms with E-state index in [4.69, 9.17) is 11.6 Å². The van der Waals surface area contributed by atoms with Gasteiger partial charge in [0.15, 0.2) is 0 Å². The molecule has 0 aliphatic heterocycles. The van der Waals surface area contributed by atoms with Crippen LogP contribution in [0, 0.1) is 17.8 Å². The van der Waals surface area contributed by atoms with Gasteiger partial charge in [0.1, 0.15) is 5.82 Å². The van der Waals surface area contributed by atoms with Crippen LogP contribution in [0.3, 0.4) is 0 Å². The highest BCUT2D eigenvalue weighted by molar-refractivity contribution is 6.25. The third kappa shape index (κ3) is 1.42. The summed E-state index contributed by atoms with van der Waals surface area (Å²) in [7, 11) is 0. The monoisotopic (exact) mass is 142 g/mol. The molecular weight excluding hydrogens is 139 g/mol. The van der Waals surface area contributed by atoms with Crippen LogP contribution in [0.2, 0.25) is 0 Å². The standard InChI is InChI=1S/C7H4ClF/c8-5-6-3-1-2-4-7(6)9/h1,3-5H. The van der Waals surface area contributed by atoms with Crippen LogP contribution in [-0.2, 0) is 0 Å². The van der Waals surface area contributed by atoms with Crippen molar-refractivity contribution in [1.29, 1.82) is 0 Å². The van der Waals surface area contributed by atoms with Gasteiger partial charge in [-0.2, -0.15) is 0 Å². The first-order chi connectivity index (χ1) is 4.34. The molecule has 0 bridgehead atoms. The van der Waals surface area contributed by atoms with Crippen LogP contribution < -0.4 is 0 Å². The van der Waals surface area contributed by atoms with Crippen molar-refractivity contribution < 1.29 is 4.39 Å². The summed E-state index contributed by atoms with van der Waals surface area (Å²) in [5.74, 6) is 0.857. The Kier molecular flexibility index (Phi) is 2.06. The Labute approximate surface area is 58.3 Å². The van der Waals surface area contributed by atoms with E-state index in [2.05, 4.69) is 6.07 Å². The maximum absolute atomic E-state index is 12.4. The predicted molar refractivity (Wildman–Crippen MR) is 34.5 cm³/mol. The van der Waals surface area contributed by atoms with Gasteiger partial charge in [-0.1, -0.05) is 12.1 Å². The predicted octanol–water partition coefficient (Wildman–Crippen LogP) is 2.37. The van der Waals surface area contributed by atoms with Gasteiger partial charge >= 0.3 is 0 Å². The van der Waals surface area contributed by atoms with E-state index >= 15 is 0 Å². The third-order valence-electron chi connectivity index (χ3n) is 0.962. The molecule has 1 aromatic rings. The van der Waals surface area contributed by atoms with Gasteiger partial charge in [0.2, 0.25) is 0 Å². The quantitative estimate of drug-likeness (QED) is 0.565. The Morgan fingerprint density at radius 1 is 1.67 bits per heavy atom. The van der Waals surface area contributed by atoms with Crippen LogP contribution in [0.25, 0.3) is 0 Å². The molecule has 0 amide bonds. The fourth-order valence-electron chi connectivity index (χ4n) is 0.511. The molecule has 0 nitrogen and oxygen atoms in total. The molecule has 0 aliphatic rings. The van der Waals surface area contributed by atoms with E-state index in [-0.39, 0.29) is 5.82 Å². The van der Waals surface area contributed by atoms with Crippen LogP contribution in [0.4, 0.5) is 4.39 Å². The van der Waals surface area contributed by atoms with Crippen molar-refractivity contribution in [2.24, 2.45) is 0 Å². The minimum atomic E-state index is -0.340. The fourth-order valence-corrected chi connectivity index (χ4v) is 0.688. The van der Waals surface area contributed by atoms with Crippen molar-refractivity contribution >= 4 is 11.6 Å². The molecule has 2 heteroatoms. The first-order valence-electron chi connectivity index (χ1n) is 2.43. The van der Waals surface area contributed by atoms with E-state index in [1.54, 1.807) is 12.1 Å². The topological polar surface area (TPSA) is 0 Å². The fraction of sp³-hybridized carbons (Fsp3) is 0. The summed E-state index contributed by atoms with van der Waals surface area (Å²) in [4.78, 5) is 0. The van der Waals surface area contributed by atoms with Crippen molar-refractivity contribution in [2.45, 2.75) is 0 Å². The first kappa shape index (κ1) is 6.56. The molecule has 1 rings (SSSR count). The molecule has 0 heterocycles. The average molecular weight is 143 g/mol. The Hall–Kier alpha value is -0.560. The van der Waals surface area contributed by atoms with Crippen molar-refractivity contribution in [3.63, 3.8) is 0 Å². The summed E-state index contributed by atoms with van der Waals surface area (Å²) in [5.41, 5.74) is 0.399. The van der Waals surface area contributed by atoms with Gasteiger partial charge in [-0.05, 0) is 12.1 Å². The SMILES string of the molecule is Fc1c[c]ccc1[CH]Cl. The summed E-state index contributed by atoms with van der Waals surface area (Å²) in [6, 6.07) is 6.99. The lowest BCUT2D eigenvalue weighted by atomic mass is 10.2. The molecule has 0 aromatic heterocycles. The molecule has 2 radical (unpaired) electrons.